The Balaban J connectivity index is 1.71. The SMILES string of the molecule is CN(CC(O)(Cn1cncn1)c1ccc(F)cc1F)C1CCN(C(=O)OC(C)(C)C)CC1. The molecule has 0 radical (unpaired) electrons. The average Bonchev–Trinajstić information content (AvgIpc) is 3.19. The first-order chi connectivity index (χ1) is 15.0. The highest BCUT2D eigenvalue weighted by Gasteiger charge is 2.37. The second kappa shape index (κ2) is 9.50. The van der Waals surface area contributed by atoms with Crippen LogP contribution in [0.25, 0.3) is 0 Å². The number of hydrogen-bond donors (Lipinski definition) is 1. The van der Waals surface area contributed by atoms with Gasteiger partial charge in [-0.3, -0.25) is 4.90 Å². The van der Waals surface area contributed by atoms with E-state index in [4.69, 9.17) is 4.74 Å². The van der Waals surface area contributed by atoms with Gasteiger partial charge in [0.25, 0.3) is 0 Å². The van der Waals surface area contributed by atoms with E-state index in [0.29, 0.717) is 25.9 Å². The fraction of sp³-hybridized carbons (Fsp3) is 0.591. The summed E-state index contributed by atoms with van der Waals surface area (Å²) in [5.41, 5.74) is -2.22. The van der Waals surface area contributed by atoms with Gasteiger partial charge in [0.15, 0.2) is 0 Å². The second-order valence-electron chi connectivity index (χ2n) is 9.36. The zero-order valence-electron chi connectivity index (χ0n) is 19.0. The van der Waals surface area contributed by atoms with Crippen molar-refractivity contribution < 1.29 is 23.4 Å². The van der Waals surface area contributed by atoms with Crippen LogP contribution in [-0.4, -0.2) is 74.1 Å². The number of hydrogen-bond acceptors (Lipinski definition) is 6. The Morgan fingerprint density at radius 2 is 1.97 bits per heavy atom. The van der Waals surface area contributed by atoms with Gasteiger partial charge in [0, 0.05) is 37.3 Å². The van der Waals surface area contributed by atoms with E-state index < -0.39 is 22.8 Å². The molecule has 8 nitrogen and oxygen atoms in total. The summed E-state index contributed by atoms with van der Waals surface area (Å²) in [5, 5.41) is 15.5. The molecule has 1 N–H and O–H groups in total. The number of likely N-dealkylation sites (tertiary alicyclic amines) is 1. The summed E-state index contributed by atoms with van der Waals surface area (Å²) in [4.78, 5) is 19.8. The molecule has 1 saturated heterocycles. The molecule has 176 valence electrons. The van der Waals surface area contributed by atoms with Crippen LogP contribution in [0.15, 0.2) is 30.9 Å². The lowest BCUT2D eigenvalue weighted by molar-refractivity contribution is -0.0331. The molecule has 2 heterocycles. The number of benzene rings is 1. The van der Waals surface area contributed by atoms with Gasteiger partial charge in [-0.05, 0) is 46.7 Å². The highest BCUT2D eigenvalue weighted by atomic mass is 19.1. The largest absolute Gasteiger partial charge is 0.444 e. The van der Waals surface area contributed by atoms with Gasteiger partial charge in [-0.25, -0.2) is 23.2 Å². The van der Waals surface area contributed by atoms with E-state index in [9.17, 15) is 18.7 Å². The standard InChI is InChI=1S/C22H31F2N5O3/c1-21(2,3)32-20(30)28-9-7-17(8-10-28)27(4)12-22(31,13-29-15-25-14-26-29)18-6-5-16(23)11-19(18)24/h5-6,11,14-15,17,31H,7-10,12-13H2,1-4H3. The summed E-state index contributed by atoms with van der Waals surface area (Å²) in [7, 11) is 1.85. The molecular formula is C22H31F2N5O3. The summed E-state index contributed by atoms with van der Waals surface area (Å²) >= 11 is 0. The minimum absolute atomic E-state index is 0.00700. The van der Waals surface area contributed by atoms with Crippen LogP contribution < -0.4 is 0 Å². The zero-order chi connectivity index (χ0) is 23.5. The minimum atomic E-state index is -1.66. The Hall–Kier alpha value is -2.59. The molecule has 0 saturated carbocycles. The predicted molar refractivity (Wildman–Crippen MR) is 114 cm³/mol. The van der Waals surface area contributed by atoms with Gasteiger partial charge in [-0.2, -0.15) is 5.10 Å². The van der Waals surface area contributed by atoms with Gasteiger partial charge in [0.05, 0.1) is 6.54 Å². The Morgan fingerprint density at radius 3 is 2.53 bits per heavy atom. The monoisotopic (exact) mass is 451 g/mol. The van der Waals surface area contributed by atoms with E-state index >= 15 is 0 Å². The van der Waals surface area contributed by atoms with E-state index in [2.05, 4.69) is 10.1 Å². The molecule has 0 aliphatic carbocycles. The van der Waals surface area contributed by atoms with Crippen LogP contribution in [0.3, 0.4) is 0 Å². The van der Waals surface area contributed by atoms with E-state index in [1.165, 1.54) is 23.4 Å². The number of ether oxygens (including phenoxy) is 1. The zero-order valence-corrected chi connectivity index (χ0v) is 19.0. The third kappa shape index (κ3) is 6.01. The summed E-state index contributed by atoms with van der Waals surface area (Å²) in [6, 6.07) is 3.23. The fourth-order valence-electron chi connectivity index (χ4n) is 4.03. The van der Waals surface area contributed by atoms with Gasteiger partial charge >= 0.3 is 6.09 Å². The third-order valence-electron chi connectivity index (χ3n) is 5.57. The van der Waals surface area contributed by atoms with E-state index in [-0.39, 0.29) is 30.8 Å². The van der Waals surface area contributed by atoms with Crippen LogP contribution in [0.4, 0.5) is 13.6 Å². The van der Waals surface area contributed by atoms with Crippen molar-refractivity contribution in [1.82, 2.24) is 24.6 Å². The number of carbonyl (C=O) groups excluding carboxylic acids is 1. The van der Waals surface area contributed by atoms with Crippen molar-refractivity contribution in [2.45, 2.75) is 57.4 Å². The van der Waals surface area contributed by atoms with Gasteiger partial charge in [0.2, 0.25) is 0 Å². The Morgan fingerprint density at radius 1 is 1.28 bits per heavy atom. The summed E-state index contributed by atoms with van der Waals surface area (Å²) in [5.74, 6) is -1.53. The summed E-state index contributed by atoms with van der Waals surface area (Å²) in [6.07, 6.45) is 3.79. The molecule has 0 spiro atoms. The number of likely N-dealkylation sites (N-methyl/N-ethyl adjacent to an activating group) is 1. The first kappa shape index (κ1) is 24.1. The third-order valence-corrected chi connectivity index (χ3v) is 5.57. The highest BCUT2D eigenvalue weighted by Crippen LogP contribution is 2.29. The van der Waals surface area contributed by atoms with Crippen LogP contribution in [0.2, 0.25) is 0 Å². The Bertz CT molecular complexity index is 911. The molecule has 3 rings (SSSR count). The predicted octanol–water partition coefficient (Wildman–Crippen LogP) is 2.78. The first-order valence-electron chi connectivity index (χ1n) is 10.7. The highest BCUT2D eigenvalue weighted by molar-refractivity contribution is 5.68. The van der Waals surface area contributed by atoms with Gasteiger partial charge in [-0.15, -0.1) is 0 Å². The lowest BCUT2D eigenvalue weighted by atomic mass is 9.91. The van der Waals surface area contributed by atoms with Crippen molar-refractivity contribution in [1.29, 1.82) is 0 Å². The molecule has 2 aromatic rings. The lowest BCUT2D eigenvalue weighted by Gasteiger charge is -2.40. The number of carbonyl (C=O) groups is 1. The van der Waals surface area contributed by atoms with Crippen LogP contribution in [0.5, 0.6) is 0 Å². The van der Waals surface area contributed by atoms with Crippen molar-refractivity contribution in [2.75, 3.05) is 26.7 Å². The average molecular weight is 452 g/mol. The maximum absolute atomic E-state index is 14.6. The maximum Gasteiger partial charge on any atom is 0.410 e. The number of amides is 1. The minimum Gasteiger partial charge on any atom is -0.444 e. The molecule has 1 aliphatic heterocycles. The van der Waals surface area contributed by atoms with Crippen LogP contribution in [0.1, 0.15) is 39.2 Å². The number of piperidine rings is 1. The van der Waals surface area contributed by atoms with Gasteiger partial charge < -0.3 is 14.7 Å². The van der Waals surface area contributed by atoms with E-state index in [0.717, 1.165) is 12.1 Å². The number of aliphatic hydroxyl groups is 1. The summed E-state index contributed by atoms with van der Waals surface area (Å²) < 4.78 is 34.9. The van der Waals surface area contributed by atoms with E-state index in [1.807, 2.05) is 32.7 Å². The number of aromatic nitrogens is 3. The van der Waals surface area contributed by atoms with Crippen LogP contribution in [-0.2, 0) is 16.9 Å². The van der Waals surface area contributed by atoms with Crippen molar-refractivity contribution in [3.63, 3.8) is 0 Å². The Kier molecular flexibility index (Phi) is 7.14. The molecule has 1 aliphatic rings. The van der Waals surface area contributed by atoms with E-state index in [1.54, 1.807) is 4.90 Å². The molecule has 1 atom stereocenters. The van der Waals surface area contributed by atoms with Gasteiger partial charge in [-0.1, -0.05) is 6.07 Å². The normalized spacial score (nSPS) is 17.4. The lowest BCUT2D eigenvalue weighted by Crippen LogP contribution is -2.51. The van der Waals surface area contributed by atoms with Crippen molar-refractivity contribution >= 4 is 6.09 Å². The van der Waals surface area contributed by atoms with Crippen LogP contribution in [0, 0.1) is 11.6 Å². The van der Waals surface area contributed by atoms with Crippen molar-refractivity contribution in [2.24, 2.45) is 0 Å². The van der Waals surface area contributed by atoms with Gasteiger partial charge in [0.1, 0.15) is 35.5 Å². The molecular weight excluding hydrogens is 420 g/mol. The maximum atomic E-state index is 14.6. The number of halogens is 2. The quantitative estimate of drug-likeness (QED) is 0.727. The first-order valence-corrected chi connectivity index (χ1v) is 10.7. The molecule has 1 fully saturated rings. The number of rotatable bonds is 6. The van der Waals surface area contributed by atoms with Crippen molar-refractivity contribution in [3.05, 3.63) is 48.1 Å². The molecule has 1 aromatic heterocycles. The summed E-state index contributed by atoms with van der Waals surface area (Å²) in [6.45, 7) is 6.58. The topological polar surface area (TPSA) is 83.7 Å². The fourth-order valence-corrected chi connectivity index (χ4v) is 4.03. The molecule has 32 heavy (non-hydrogen) atoms. The molecule has 1 amide bonds. The molecule has 1 aromatic carbocycles. The van der Waals surface area contributed by atoms with Crippen molar-refractivity contribution in [3.8, 4) is 0 Å². The second-order valence-corrected chi connectivity index (χ2v) is 9.36. The smallest absolute Gasteiger partial charge is 0.410 e. The molecule has 0 bridgehead atoms. The van der Waals surface area contributed by atoms with Crippen LogP contribution >= 0.6 is 0 Å². The number of nitrogens with zero attached hydrogens (tertiary/aromatic N) is 5. The molecule has 1 unspecified atom stereocenters. The Labute approximate surface area is 186 Å². The molecule has 10 heteroatoms.